The molecule has 0 spiro atoms. The average molecular weight is 292 g/mol. The van der Waals surface area contributed by atoms with Crippen molar-refractivity contribution in [2.24, 2.45) is 5.92 Å². The van der Waals surface area contributed by atoms with Gasteiger partial charge in [0.1, 0.15) is 5.69 Å². The molecule has 1 aromatic rings. The Bertz CT molecular complexity index is 538. The van der Waals surface area contributed by atoms with Crippen molar-refractivity contribution in [1.82, 2.24) is 20.3 Å². The molecule has 1 amide bonds. The number of likely N-dealkylation sites (tertiary alicyclic amines) is 1. The third kappa shape index (κ3) is 2.52. The van der Waals surface area contributed by atoms with Gasteiger partial charge in [-0.15, -0.1) is 5.10 Å². The highest BCUT2D eigenvalue weighted by atomic mass is 16.5. The summed E-state index contributed by atoms with van der Waals surface area (Å²) in [5.74, 6) is -0.130. The van der Waals surface area contributed by atoms with Gasteiger partial charge in [0.2, 0.25) is 5.91 Å². The molecular formula is C14H20N4O3. The molecule has 1 atom stereocenters. The fourth-order valence-electron chi connectivity index (χ4n) is 3.03. The maximum atomic E-state index is 12.5. The van der Waals surface area contributed by atoms with Crippen molar-refractivity contribution in [1.29, 1.82) is 0 Å². The van der Waals surface area contributed by atoms with E-state index < -0.39 is 5.97 Å². The minimum absolute atomic E-state index is 0.156. The van der Waals surface area contributed by atoms with Crippen LogP contribution in [-0.4, -0.2) is 45.3 Å². The van der Waals surface area contributed by atoms with E-state index in [1.165, 1.54) is 0 Å². The Balaban J connectivity index is 1.80. The maximum absolute atomic E-state index is 12.5. The quantitative estimate of drug-likeness (QED) is 0.848. The fourth-order valence-corrected chi connectivity index (χ4v) is 3.03. The molecule has 0 bridgehead atoms. The topological polar surface area (TPSA) is 88.2 Å². The summed E-state index contributed by atoms with van der Waals surface area (Å²) in [5, 5.41) is 10.5. The number of hydrogen-bond donors (Lipinski definition) is 1. The van der Waals surface area contributed by atoms with E-state index in [-0.39, 0.29) is 23.6 Å². The number of ether oxygens (including phenoxy) is 1. The second-order valence-electron chi connectivity index (χ2n) is 5.60. The van der Waals surface area contributed by atoms with E-state index in [4.69, 9.17) is 4.74 Å². The summed E-state index contributed by atoms with van der Waals surface area (Å²) in [7, 11) is 0. The van der Waals surface area contributed by atoms with Crippen LogP contribution >= 0.6 is 0 Å². The smallest absolute Gasteiger partial charge is 0.360 e. The highest BCUT2D eigenvalue weighted by Gasteiger charge is 2.39. The van der Waals surface area contributed by atoms with Crippen LogP contribution < -0.4 is 0 Å². The van der Waals surface area contributed by atoms with E-state index in [2.05, 4.69) is 15.4 Å². The van der Waals surface area contributed by atoms with Crippen molar-refractivity contribution < 1.29 is 14.3 Å². The van der Waals surface area contributed by atoms with Crippen molar-refractivity contribution in [3.05, 3.63) is 11.4 Å². The maximum Gasteiger partial charge on any atom is 0.360 e. The van der Waals surface area contributed by atoms with Gasteiger partial charge in [-0.25, -0.2) is 4.79 Å². The number of carbonyl (C=O) groups is 2. The lowest BCUT2D eigenvalue weighted by molar-refractivity contribution is -0.139. The Labute approximate surface area is 123 Å². The van der Waals surface area contributed by atoms with Gasteiger partial charge >= 0.3 is 5.97 Å². The number of aromatic nitrogens is 3. The number of amides is 1. The molecule has 3 rings (SSSR count). The van der Waals surface area contributed by atoms with Gasteiger partial charge in [0.15, 0.2) is 5.69 Å². The van der Waals surface area contributed by atoms with Gasteiger partial charge in [-0.3, -0.25) is 4.79 Å². The van der Waals surface area contributed by atoms with Gasteiger partial charge in [-0.1, -0.05) is 6.42 Å². The van der Waals surface area contributed by atoms with E-state index in [9.17, 15) is 9.59 Å². The summed E-state index contributed by atoms with van der Waals surface area (Å²) in [6, 6.07) is -0.156. The Kier molecular flexibility index (Phi) is 3.90. The molecule has 114 valence electrons. The minimum atomic E-state index is -0.482. The molecule has 2 fully saturated rings. The molecule has 0 radical (unpaired) electrons. The zero-order valence-electron chi connectivity index (χ0n) is 12.2. The molecule has 1 saturated carbocycles. The molecule has 1 aromatic heterocycles. The van der Waals surface area contributed by atoms with Gasteiger partial charge in [0.25, 0.3) is 0 Å². The van der Waals surface area contributed by atoms with Crippen LogP contribution in [0.4, 0.5) is 0 Å². The molecular weight excluding hydrogens is 272 g/mol. The highest BCUT2D eigenvalue weighted by molar-refractivity contribution is 5.89. The minimum Gasteiger partial charge on any atom is -0.461 e. The summed E-state index contributed by atoms with van der Waals surface area (Å²) in [4.78, 5) is 26.3. The summed E-state index contributed by atoms with van der Waals surface area (Å²) >= 11 is 0. The largest absolute Gasteiger partial charge is 0.461 e. The number of esters is 1. The number of rotatable bonds is 4. The van der Waals surface area contributed by atoms with E-state index >= 15 is 0 Å². The van der Waals surface area contributed by atoms with Gasteiger partial charge in [-0.05, 0) is 32.6 Å². The van der Waals surface area contributed by atoms with E-state index in [0.717, 1.165) is 38.6 Å². The Hall–Kier alpha value is -1.92. The molecule has 1 aliphatic carbocycles. The van der Waals surface area contributed by atoms with Crippen molar-refractivity contribution in [2.75, 3.05) is 13.2 Å². The Morgan fingerprint density at radius 3 is 2.76 bits per heavy atom. The van der Waals surface area contributed by atoms with E-state index in [1.54, 1.807) is 6.92 Å². The number of carbonyl (C=O) groups excluding carboxylic acids is 2. The van der Waals surface area contributed by atoms with Crippen LogP contribution in [0.1, 0.15) is 61.3 Å². The first kappa shape index (κ1) is 14.0. The van der Waals surface area contributed by atoms with Crippen LogP contribution in [0.25, 0.3) is 0 Å². The highest BCUT2D eigenvalue weighted by Crippen LogP contribution is 2.37. The Morgan fingerprint density at radius 2 is 2.10 bits per heavy atom. The molecule has 7 heteroatoms. The van der Waals surface area contributed by atoms with Gasteiger partial charge in [0.05, 0.1) is 12.6 Å². The number of nitrogens with zero attached hydrogens (tertiary/aromatic N) is 3. The van der Waals surface area contributed by atoms with Gasteiger partial charge in [-0.2, -0.15) is 10.3 Å². The first-order valence-corrected chi connectivity index (χ1v) is 7.60. The summed E-state index contributed by atoms with van der Waals surface area (Å²) in [6.07, 6.45) is 4.83. The molecule has 0 aromatic carbocycles. The lowest BCUT2D eigenvalue weighted by Crippen LogP contribution is -2.38. The third-order valence-corrected chi connectivity index (χ3v) is 4.35. The summed E-state index contributed by atoms with van der Waals surface area (Å²) in [6.45, 7) is 2.77. The first-order valence-electron chi connectivity index (χ1n) is 7.60. The number of nitrogens with one attached hydrogen (secondary N) is 1. The first-order chi connectivity index (χ1) is 10.2. The van der Waals surface area contributed by atoms with Crippen molar-refractivity contribution in [3.63, 3.8) is 0 Å². The Morgan fingerprint density at radius 1 is 1.29 bits per heavy atom. The number of hydrogen-bond acceptors (Lipinski definition) is 5. The molecule has 2 aliphatic rings. The second-order valence-corrected chi connectivity index (χ2v) is 5.60. The molecule has 1 N–H and O–H groups in total. The van der Waals surface area contributed by atoms with Crippen LogP contribution in [0.2, 0.25) is 0 Å². The zero-order valence-corrected chi connectivity index (χ0v) is 12.2. The third-order valence-electron chi connectivity index (χ3n) is 4.35. The number of H-pyrrole nitrogens is 1. The van der Waals surface area contributed by atoms with Gasteiger partial charge < -0.3 is 9.64 Å². The normalized spacial score (nSPS) is 22.1. The molecule has 1 unspecified atom stereocenters. The predicted octanol–water partition coefficient (Wildman–Crippen LogP) is 1.44. The van der Waals surface area contributed by atoms with Crippen LogP contribution in [0.5, 0.6) is 0 Å². The summed E-state index contributed by atoms with van der Waals surface area (Å²) < 4.78 is 5.00. The second kappa shape index (κ2) is 5.83. The SMILES string of the molecule is CCOC(=O)c1n[nH]nc1C1CCCN1C(=O)C1CCC1. The lowest BCUT2D eigenvalue weighted by atomic mass is 9.84. The molecule has 21 heavy (non-hydrogen) atoms. The lowest BCUT2D eigenvalue weighted by Gasteiger charge is -2.32. The number of aromatic amines is 1. The average Bonchev–Trinajstić information content (AvgIpc) is 3.05. The van der Waals surface area contributed by atoms with E-state index in [0.29, 0.717) is 12.3 Å². The zero-order chi connectivity index (χ0) is 14.8. The van der Waals surface area contributed by atoms with Crippen LogP contribution in [0.3, 0.4) is 0 Å². The van der Waals surface area contributed by atoms with Crippen molar-refractivity contribution >= 4 is 11.9 Å². The van der Waals surface area contributed by atoms with Crippen LogP contribution in [0.15, 0.2) is 0 Å². The molecule has 1 aliphatic heterocycles. The summed E-state index contributed by atoms with van der Waals surface area (Å²) in [5.41, 5.74) is 0.744. The van der Waals surface area contributed by atoms with Crippen molar-refractivity contribution in [3.8, 4) is 0 Å². The molecule has 2 heterocycles. The van der Waals surface area contributed by atoms with E-state index in [1.807, 2.05) is 4.90 Å². The van der Waals surface area contributed by atoms with Gasteiger partial charge in [0, 0.05) is 12.5 Å². The van der Waals surface area contributed by atoms with Crippen LogP contribution in [-0.2, 0) is 9.53 Å². The molecule has 1 saturated heterocycles. The fraction of sp³-hybridized carbons (Fsp3) is 0.714. The monoisotopic (exact) mass is 292 g/mol. The standard InChI is InChI=1S/C14H20N4O3/c1-2-21-14(20)12-11(15-17-16-12)10-7-4-8-18(10)13(19)9-5-3-6-9/h9-10H,2-8H2,1H3,(H,15,16,17). The predicted molar refractivity (Wildman–Crippen MR) is 73.4 cm³/mol. The van der Waals surface area contributed by atoms with Crippen molar-refractivity contribution in [2.45, 2.75) is 45.1 Å². The van der Waals surface area contributed by atoms with Crippen LogP contribution in [0, 0.1) is 5.92 Å². The molecule has 7 nitrogen and oxygen atoms in total.